The predicted molar refractivity (Wildman–Crippen MR) is 92.9 cm³/mol. The first-order valence-electron chi connectivity index (χ1n) is 7.79. The number of fused-ring (bicyclic) bond motifs is 1. The van der Waals surface area contributed by atoms with Crippen LogP contribution >= 0.6 is 0 Å². The molecule has 26 heavy (non-hydrogen) atoms. The Kier molecular flexibility index (Phi) is 4.97. The zero-order chi connectivity index (χ0) is 18.6. The van der Waals surface area contributed by atoms with E-state index in [0.717, 1.165) is 22.4 Å². The molecule has 0 bridgehead atoms. The van der Waals surface area contributed by atoms with Crippen molar-refractivity contribution in [2.45, 2.75) is 12.9 Å². The average molecular weight is 360 g/mol. The first kappa shape index (κ1) is 17.6. The van der Waals surface area contributed by atoms with E-state index in [9.17, 15) is 18.0 Å². The van der Waals surface area contributed by atoms with Crippen molar-refractivity contribution in [1.82, 2.24) is 5.32 Å². The van der Waals surface area contributed by atoms with Gasteiger partial charge in [-0.1, -0.05) is 54.6 Å². The Balaban J connectivity index is 1.68. The molecule has 2 N–H and O–H groups in total. The highest BCUT2D eigenvalue weighted by atomic mass is 19.4. The second kappa shape index (κ2) is 7.35. The quantitative estimate of drug-likeness (QED) is 0.683. The van der Waals surface area contributed by atoms with Crippen LogP contribution in [0.25, 0.3) is 10.8 Å². The minimum atomic E-state index is -4.84. The number of ether oxygens (including phenoxy) is 1. The maximum atomic E-state index is 12.4. The molecule has 0 saturated carbocycles. The van der Waals surface area contributed by atoms with E-state index in [2.05, 4.69) is 15.4 Å². The molecular formula is C19H15F3N2O2. The zero-order valence-corrected chi connectivity index (χ0v) is 13.5. The lowest BCUT2D eigenvalue weighted by Crippen LogP contribution is -2.29. The number of carbonyl (C=O) groups excluding carboxylic acids is 1. The first-order chi connectivity index (χ1) is 12.4. The van der Waals surface area contributed by atoms with E-state index in [1.165, 1.54) is 18.2 Å². The molecular weight excluding hydrogens is 345 g/mol. The van der Waals surface area contributed by atoms with Crippen LogP contribution in [0.5, 0.6) is 5.75 Å². The van der Waals surface area contributed by atoms with Crippen molar-refractivity contribution in [3.63, 3.8) is 0 Å². The molecule has 3 aromatic carbocycles. The molecule has 0 aliphatic rings. The van der Waals surface area contributed by atoms with Gasteiger partial charge in [0.25, 0.3) is 0 Å². The molecule has 0 atom stereocenters. The third-order valence-corrected chi connectivity index (χ3v) is 3.68. The molecule has 134 valence electrons. The SMILES string of the molecule is O=C(NCc1cccc2ccccc12)Nc1ccccc1OC(F)(F)F. The topological polar surface area (TPSA) is 50.4 Å². The number of para-hydroxylation sites is 2. The number of halogens is 3. The predicted octanol–water partition coefficient (Wildman–Crippen LogP) is 5.06. The largest absolute Gasteiger partial charge is 0.573 e. The van der Waals surface area contributed by atoms with Gasteiger partial charge in [-0.15, -0.1) is 13.2 Å². The molecule has 0 saturated heterocycles. The van der Waals surface area contributed by atoms with E-state index >= 15 is 0 Å². The van der Waals surface area contributed by atoms with Crippen molar-refractivity contribution in [3.8, 4) is 5.75 Å². The van der Waals surface area contributed by atoms with Gasteiger partial charge < -0.3 is 15.4 Å². The van der Waals surface area contributed by atoms with Gasteiger partial charge in [0.2, 0.25) is 0 Å². The van der Waals surface area contributed by atoms with Crippen LogP contribution in [-0.2, 0) is 6.54 Å². The molecule has 0 heterocycles. The summed E-state index contributed by atoms with van der Waals surface area (Å²) in [7, 11) is 0. The second-order valence-corrected chi connectivity index (χ2v) is 5.49. The van der Waals surface area contributed by atoms with Crippen molar-refractivity contribution < 1.29 is 22.7 Å². The number of carbonyl (C=O) groups is 1. The van der Waals surface area contributed by atoms with Crippen LogP contribution in [0.1, 0.15) is 5.56 Å². The summed E-state index contributed by atoms with van der Waals surface area (Å²) in [6.07, 6.45) is -4.84. The molecule has 0 aromatic heterocycles. The van der Waals surface area contributed by atoms with E-state index in [0.29, 0.717) is 0 Å². The summed E-state index contributed by atoms with van der Waals surface area (Å²) in [5.41, 5.74) is 0.832. The fraction of sp³-hybridized carbons (Fsp3) is 0.105. The number of benzene rings is 3. The lowest BCUT2D eigenvalue weighted by molar-refractivity contribution is -0.274. The molecule has 7 heteroatoms. The summed E-state index contributed by atoms with van der Waals surface area (Å²) in [5.74, 6) is -0.472. The summed E-state index contributed by atoms with van der Waals surface area (Å²) in [6.45, 7) is 0.232. The number of rotatable bonds is 4. The van der Waals surface area contributed by atoms with Crippen molar-refractivity contribution >= 4 is 22.5 Å². The van der Waals surface area contributed by atoms with Crippen LogP contribution in [0.4, 0.5) is 23.7 Å². The van der Waals surface area contributed by atoms with Crippen LogP contribution in [0.3, 0.4) is 0 Å². The zero-order valence-electron chi connectivity index (χ0n) is 13.5. The fourth-order valence-electron chi connectivity index (χ4n) is 2.57. The number of hydrogen-bond acceptors (Lipinski definition) is 2. The number of hydrogen-bond donors (Lipinski definition) is 2. The number of urea groups is 1. The van der Waals surface area contributed by atoms with E-state index < -0.39 is 18.1 Å². The maximum absolute atomic E-state index is 12.4. The third kappa shape index (κ3) is 4.44. The molecule has 3 aromatic rings. The molecule has 3 rings (SSSR count). The van der Waals surface area contributed by atoms with Crippen LogP contribution in [0.2, 0.25) is 0 Å². The van der Waals surface area contributed by atoms with Crippen molar-refractivity contribution in [1.29, 1.82) is 0 Å². The van der Waals surface area contributed by atoms with Crippen molar-refractivity contribution in [2.75, 3.05) is 5.32 Å². The van der Waals surface area contributed by atoms with Gasteiger partial charge in [-0.3, -0.25) is 0 Å². The lowest BCUT2D eigenvalue weighted by Gasteiger charge is -2.14. The summed E-state index contributed by atoms with van der Waals surface area (Å²) in [6, 6.07) is 18.2. The number of alkyl halides is 3. The highest BCUT2D eigenvalue weighted by Crippen LogP contribution is 2.29. The van der Waals surface area contributed by atoms with Gasteiger partial charge in [0.15, 0.2) is 5.75 Å². The van der Waals surface area contributed by atoms with Gasteiger partial charge >= 0.3 is 12.4 Å². The van der Waals surface area contributed by atoms with Crippen LogP contribution in [0.15, 0.2) is 66.7 Å². The van der Waals surface area contributed by atoms with Crippen LogP contribution in [0, 0.1) is 0 Å². The smallest absolute Gasteiger partial charge is 0.404 e. The minimum Gasteiger partial charge on any atom is -0.404 e. The molecule has 4 nitrogen and oxygen atoms in total. The van der Waals surface area contributed by atoms with Crippen molar-refractivity contribution in [3.05, 3.63) is 72.3 Å². The fourth-order valence-corrected chi connectivity index (χ4v) is 2.57. The number of nitrogens with one attached hydrogen (secondary N) is 2. The molecule has 0 unspecified atom stereocenters. The summed E-state index contributed by atoms with van der Waals surface area (Å²) in [5, 5.41) is 7.05. The molecule has 0 fully saturated rings. The number of anilines is 1. The van der Waals surface area contributed by atoms with Gasteiger partial charge in [-0.2, -0.15) is 0 Å². The second-order valence-electron chi connectivity index (χ2n) is 5.49. The summed E-state index contributed by atoms with van der Waals surface area (Å²) < 4.78 is 41.2. The highest BCUT2D eigenvalue weighted by Gasteiger charge is 2.32. The monoisotopic (exact) mass is 360 g/mol. The van der Waals surface area contributed by atoms with E-state index in [1.54, 1.807) is 0 Å². The maximum Gasteiger partial charge on any atom is 0.573 e. The molecule has 0 spiro atoms. The van der Waals surface area contributed by atoms with Gasteiger partial charge in [-0.05, 0) is 28.5 Å². The average Bonchev–Trinajstić information content (AvgIpc) is 2.60. The Morgan fingerprint density at radius 3 is 2.42 bits per heavy atom. The van der Waals surface area contributed by atoms with Crippen LogP contribution in [-0.4, -0.2) is 12.4 Å². The molecule has 2 amide bonds. The Morgan fingerprint density at radius 1 is 0.923 bits per heavy atom. The number of amides is 2. The molecule has 0 radical (unpaired) electrons. The first-order valence-corrected chi connectivity index (χ1v) is 7.79. The minimum absolute atomic E-state index is 0.0692. The normalized spacial score (nSPS) is 11.2. The molecule has 0 aliphatic heterocycles. The van der Waals surface area contributed by atoms with E-state index in [4.69, 9.17) is 0 Å². The van der Waals surface area contributed by atoms with E-state index in [1.807, 2.05) is 42.5 Å². The Bertz CT molecular complexity index is 921. The van der Waals surface area contributed by atoms with Gasteiger partial charge in [0, 0.05) is 6.54 Å². The highest BCUT2D eigenvalue weighted by molar-refractivity contribution is 5.91. The van der Waals surface area contributed by atoms with Gasteiger partial charge in [0.1, 0.15) is 0 Å². The summed E-state index contributed by atoms with van der Waals surface area (Å²) in [4.78, 5) is 12.1. The third-order valence-electron chi connectivity index (χ3n) is 3.68. The Labute approximate surface area is 147 Å². The van der Waals surface area contributed by atoms with Crippen molar-refractivity contribution in [2.24, 2.45) is 0 Å². The Morgan fingerprint density at radius 2 is 1.62 bits per heavy atom. The standard InChI is InChI=1S/C19H15F3N2O2/c20-19(21,22)26-17-11-4-3-10-16(17)24-18(25)23-12-14-8-5-7-13-6-1-2-9-15(13)14/h1-11H,12H2,(H2,23,24,25). The summed E-state index contributed by atoms with van der Waals surface area (Å²) >= 11 is 0. The molecule has 0 aliphatic carbocycles. The van der Waals surface area contributed by atoms with Gasteiger partial charge in [-0.25, -0.2) is 4.79 Å². The Hall–Kier alpha value is -3.22. The lowest BCUT2D eigenvalue weighted by atomic mass is 10.0. The van der Waals surface area contributed by atoms with E-state index in [-0.39, 0.29) is 12.2 Å². The van der Waals surface area contributed by atoms with Gasteiger partial charge in [0.05, 0.1) is 5.69 Å². The van der Waals surface area contributed by atoms with Crippen LogP contribution < -0.4 is 15.4 Å².